The number of aliphatic imine (C=N–C) groups is 1. The molecule has 0 fully saturated rings. The molecule has 5 heteroatoms. The molecule has 0 spiro atoms. The average molecular weight is 171 g/mol. The fourth-order valence-corrected chi connectivity index (χ4v) is 0.621. The highest BCUT2D eigenvalue weighted by Crippen LogP contribution is 1.97. The van der Waals surface area contributed by atoms with Gasteiger partial charge in [-0.15, -0.1) is 0 Å². The lowest BCUT2D eigenvalue weighted by molar-refractivity contribution is 0.596. The van der Waals surface area contributed by atoms with E-state index in [1.807, 2.05) is 0 Å². The zero-order valence-corrected chi connectivity index (χ0v) is 7.59. The van der Waals surface area contributed by atoms with Crippen LogP contribution in [0.25, 0.3) is 0 Å². The zero-order chi connectivity index (χ0) is 9.56. The second-order valence-electron chi connectivity index (χ2n) is 2.99. The number of nitrogens with two attached hydrogens (primary N) is 2. The van der Waals surface area contributed by atoms with Gasteiger partial charge in [-0.25, -0.2) is 0 Å². The summed E-state index contributed by atoms with van der Waals surface area (Å²) in [5, 5.41) is 9.26. The van der Waals surface area contributed by atoms with E-state index >= 15 is 0 Å². The maximum absolute atomic E-state index is 6.85. The molecule has 0 aliphatic heterocycles. The van der Waals surface area contributed by atoms with Crippen molar-refractivity contribution in [2.45, 2.75) is 20.3 Å². The number of nitrogens with zero attached hydrogens (tertiary/aromatic N) is 1. The van der Waals surface area contributed by atoms with Gasteiger partial charge in [0.2, 0.25) is 0 Å². The minimum atomic E-state index is -0.180. The monoisotopic (exact) mass is 171 g/mol. The van der Waals surface area contributed by atoms with Crippen molar-refractivity contribution >= 4 is 11.9 Å². The van der Waals surface area contributed by atoms with Crippen molar-refractivity contribution in [2.24, 2.45) is 22.4 Å². The Labute approximate surface area is 72.7 Å². The predicted octanol–water partition coefficient (Wildman–Crippen LogP) is -0.170. The van der Waals surface area contributed by atoms with Gasteiger partial charge in [0.05, 0.1) is 0 Å². The van der Waals surface area contributed by atoms with Gasteiger partial charge in [0.1, 0.15) is 0 Å². The molecule has 0 unspecified atom stereocenters. The molecule has 0 saturated carbocycles. The molecule has 12 heavy (non-hydrogen) atoms. The maximum Gasteiger partial charge on any atom is 0.195 e. The van der Waals surface area contributed by atoms with E-state index < -0.39 is 0 Å². The summed E-state index contributed by atoms with van der Waals surface area (Å²) in [5.74, 6) is 0.642. The van der Waals surface area contributed by atoms with Gasteiger partial charge in [-0.05, 0) is 12.3 Å². The molecule has 0 aliphatic rings. The van der Waals surface area contributed by atoms with Crippen molar-refractivity contribution in [1.82, 2.24) is 5.32 Å². The van der Waals surface area contributed by atoms with Gasteiger partial charge in [0.25, 0.3) is 0 Å². The summed E-state index contributed by atoms with van der Waals surface area (Å²) in [7, 11) is 0. The SMILES string of the molecule is CC(C)CCN=C(N)NC(=N)N. The topological polar surface area (TPSA) is 100 Å². The highest BCUT2D eigenvalue weighted by molar-refractivity contribution is 5.95. The second kappa shape index (κ2) is 5.40. The van der Waals surface area contributed by atoms with Crippen LogP contribution < -0.4 is 16.8 Å². The largest absolute Gasteiger partial charge is 0.370 e. The zero-order valence-electron chi connectivity index (χ0n) is 7.59. The van der Waals surface area contributed by atoms with E-state index in [1.165, 1.54) is 0 Å². The lowest BCUT2D eigenvalue weighted by Gasteiger charge is -2.03. The molecular weight excluding hydrogens is 154 g/mol. The van der Waals surface area contributed by atoms with Crippen LogP contribution in [0.1, 0.15) is 20.3 Å². The highest BCUT2D eigenvalue weighted by atomic mass is 15.2. The molecule has 0 bridgehead atoms. The van der Waals surface area contributed by atoms with Gasteiger partial charge in [0, 0.05) is 6.54 Å². The fourth-order valence-electron chi connectivity index (χ4n) is 0.621. The Morgan fingerprint density at radius 2 is 2.08 bits per heavy atom. The standard InChI is InChI=1S/C7H17N5/c1-5(2)3-4-11-7(10)12-6(8)9/h5H,3-4H2,1-2H3,(H6,8,9,10,11,12). The number of rotatable bonds is 3. The highest BCUT2D eigenvalue weighted by Gasteiger charge is 1.94. The van der Waals surface area contributed by atoms with Gasteiger partial charge in [-0.2, -0.15) is 0 Å². The van der Waals surface area contributed by atoms with E-state index in [2.05, 4.69) is 24.2 Å². The molecule has 0 amide bonds. The Bertz CT molecular complexity index is 173. The van der Waals surface area contributed by atoms with Crippen molar-refractivity contribution in [3.8, 4) is 0 Å². The number of guanidine groups is 2. The molecule has 0 aromatic rings. The number of hydrogen-bond acceptors (Lipinski definition) is 2. The third kappa shape index (κ3) is 6.85. The summed E-state index contributed by atoms with van der Waals surface area (Å²) in [6.07, 6.45) is 0.986. The number of hydrogen-bond donors (Lipinski definition) is 4. The van der Waals surface area contributed by atoms with Crippen LogP contribution in [-0.2, 0) is 0 Å². The molecule has 6 N–H and O–H groups in total. The third-order valence-corrected chi connectivity index (χ3v) is 1.25. The summed E-state index contributed by atoms with van der Waals surface area (Å²) in [4.78, 5) is 3.97. The van der Waals surface area contributed by atoms with Gasteiger partial charge < -0.3 is 11.5 Å². The quantitative estimate of drug-likeness (QED) is 0.350. The Morgan fingerprint density at radius 1 is 1.50 bits per heavy atom. The second-order valence-corrected chi connectivity index (χ2v) is 2.99. The van der Waals surface area contributed by atoms with Gasteiger partial charge in [-0.3, -0.25) is 15.7 Å². The van der Waals surface area contributed by atoms with Crippen LogP contribution >= 0.6 is 0 Å². The van der Waals surface area contributed by atoms with Crippen molar-refractivity contribution in [2.75, 3.05) is 6.54 Å². The van der Waals surface area contributed by atoms with Gasteiger partial charge in [-0.1, -0.05) is 13.8 Å². The Morgan fingerprint density at radius 3 is 2.50 bits per heavy atom. The van der Waals surface area contributed by atoms with Gasteiger partial charge in [0.15, 0.2) is 11.9 Å². The Kier molecular flexibility index (Phi) is 4.83. The Balaban J connectivity index is 3.62. The summed E-state index contributed by atoms with van der Waals surface area (Å²) in [6.45, 7) is 4.90. The molecule has 0 aromatic heterocycles. The van der Waals surface area contributed by atoms with E-state index in [-0.39, 0.29) is 11.9 Å². The molecule has 0 atom stereocenters. The number of nitrogens with one attached hydrogen (secondary N) is 2. The van der Waals surface area contributed by atoms with E-state index in [0.717, 1.165) is 6.42 Å². The molecule has 0 saturated heterocycles. The van der Waals surface area contributed by atoms with Crippen LogP contribution in [0.5, 0.6) is 0 Å². The first kappa shape index (κ1) is 10.7. The third-order valence-electron chi connectivity index (χ3n) is 1.25. The normalized spacial score (nSPS) is 11.8. The average Bonchev–Trinajstić information content (AvgIpc) is 1.84. The fraction of sp³-hybridized carbons (Fsp3) is 0.714. The van der Waals surface area contributed by atoms with Crippen molar-refractivity contribution in [1.29, 1.82) is 5.41 Å². The molecule has 0 heterocycles. The smallest absolute Gasteiger partial charge is 0.195 e. The first-order valence-electron chi connectivity index (χ1n) is 3.93. The van der Waals surface area contributed by atoms with E-state index in [0.29, 0.717) is 12.5 Å². The molecular formula is C7H17N5. The van der Waals surface area contributed by atoms with Crippen molar-refractivity contribution in [3.05, 3.63) is 0 Å². The van der Waals surface area contributed by atoms with Crippen molar-refractivity contribution < 1.29 is 0 Å². The molecule has 70 valence electrons. The molecule has 0 aromatic carbocycles. The van der Waals surface area contributed by atoms with Gasteiger partial charge >= 0.3 is 0 Å². The lowest BCUT2D eigenvalue weighted by Crippen LogP contribution is -2.40. The maximum atomic E-state index is 6.85. The first-order chi connectivity index (χ1) is 5.52. The van der Waals surface area contributed by atoms with Crippen molar-refractivity contribution in [3.63, 3.8) is 0 Å². The predicted molar refractivity (Wildman–Crippen MR) is 51.0 cm³/mol. The van der Waals surface area contributed by atoms with Crippen LogP contribution in [0.2, 0.25) is 0 Å². The van der Waals surface area contributed by atoms with Crippen LogP contribution in [0, 0.1) is 11.3 Å². The van der Waals surface area contributed by atoms with Crippen LogP contribution in [-0.4, -0.2) is 18.5 Å². The summed E-state index contributed by atoms with van der Waals surface area (Å²) in [5.41, 5.74) is 10.4. The molecule has 0 radical (unpaired) electrons. The van der Waals surface area contributed by atoms with E-state index in [4.69, 9.17) is 16.9 Å². The van der Waals surface area contributed by atoms with Crippen LogP contribution in [0.3, 0.4) is 0 Å². The Hall–Kier alpha value is -1.26. The summed E-state index contributed by atoms with van der Waals surface area (Å²) >= 11 is 0. The first-order valence-corrected chi connectivity index (χ1v) is 3.93. The van der Waals surface area contributed by atoms with Crippen LogP contribution in [0.4, 0.5) is 0 Å². The minimum absolute atomic E-state index is 0.180. The lowest BCUT2D eigenvalue weighted by atomic mass is 10.1. The summed E-state index contributed by atoms with van der Waals surface area (Å²) < 4.78 is 0. The van der Waals surface area contributed by atoms with Crippen LogP contribution in [0.15, 0.2) is 4.99 Å². The summed E-state index contributed by atoms with van der Waals surface area (Å²) in [6, 6.07) is 0. The minimum Gasteiger partial charge on any atom is -0.370 e. The van der Waals surface area contributed by atoms with E-state index in [9.17, 15) is 0 Å². The molecule has 5 nitrogen and oxygen atoms in total. The molecule has 0 aliphatic carbocycles. The van der Waals surface area contributed by atoms with E-state index in [1.54, 1.807) is 0 Å². The molecule has 0 rings (SSSR count).